The molecule has 0 atom stereocenters. The first-order valence-electron chi connectivity index (χ1n) is 4.41. The van der Waals surface area contributed by atoms with Crippen LogP contribution in [0.25, 0.3) is 0 Å². The summed E-state index contributed by atoms with van der Waals surface area (Å²) in [5.74, 6) is 0.376. The zero-order chi connectivity index (χ0) is 10.7. The van der Waals surface area contributed by atoms with Gasteiger partial charge < -0.3 is 4.74 Å². The highest BCUT2D eigenvalue weighted by Gasteiger charge is 2.18. The van der Waals surface area contributed by atoms with Crippen LogP contribution < -0.4 is 4.74 Å². The number of carbonyl (C=O) groups excluding carboxylic acids is 1. The first kappa shape index (κ1) is 10.5. The van der Waals surface area contributed by atoms with Crippen LogP contribution in [0.2, 0.25) is 0 Å². The lowest BCUT2D eigenvalue weighted by molar-refractivity contribution is 0.102. The van der Waals surface area contributed by atoms with E-state index >= 15 is 0 Å². The minimum Gasteiger partial charge on any atom is -0.493 e. The van der Waals surface area contributed by atoms with Crippen molar-refractivity contribution >= 4 is 5.78 Å². The Morgan fingerprint density at radius 3 is 2.79 bits per heavy atom. The van der Waals surface area contributed by atoms with Gasteiger partial charge in [0.1, 0.15) is 0 Å². The van der Waals surface area contributed by atoms with Crippen molar-refractivity contribution in [1.29, 1.82) is 0 Å². The van der Waals surface area contributed by atoms with Gasteiger partial charge in [0.15, 0.2) is 11.4 Å². The predicted octanol–water partition coefficient (Wildman–Crippen LogP) is 1.67. The SMILES string of the molecule is C=C(C)C(=O)c1c(OC)cnn1CC. The van der Waals surface area contributed by atoms with E-state index in [9.17, 15) is 4.79 Å². The monoisotopic (exact) mass is 194 g/mol. The maximum atomic E-state index is 11.7. The van der Waals surface area contributed by atoms with Crippen molar-refractivity contribution in [3.8, 4) is 5.75 Å². The van der Waals surface area contributed by atoms with Gasteiger partial charge in [-0.1, -0.05) is 6.58 Å². The van der Waals surface area contributed by atoms with Crippen LogP contribution in [-0.2, 0) is 6.54 Å². The number of rotatable bonds is 4. The molecular weight excluding hydrogens is 180 g/mol. The van der Waals surface area contributed by atoms with Crippen LogP contribution in [0.3, 0.4) is 0 Å². The molecule has 0 fully saturated rings. The molecule has 0 saturated carbocycles. The first-order valence-corrected chi connectivity index (χ1v) is 4.41. The van der Waals surface area contributed by atoms with Gasteiger partial charge in [0, 0.05) is 6.54 Å². The largest absolute Gasteiger partial charge is 0.493 e. The molecule has 4 heteroatoms. The second-order valence-electron chi connectivity index (χ2n) is 2.99. The molecule has 1 heterocycles. The Balaban J connectivity index is 3.21. The fourth-order valence-electron chi connectivity index (χ4n) is 1.19. The number of Topliss-reactive ketones (excluding diaryl/α,β-unsaturated/α-hetero) is 1. The molecule has 0 aliphatic heterocycles. The van der Waals surface area contributed by atoms with Crippen molar-refractivity contribution in [2.75, 3.05) is 7.11 Å². The molecule has 0 aromatic carbocycles. The average molecular weight is 194 g/mol. The molecular formula is C10H14N2O2. The summed E-state index contributed by atoms with van der Waals surface area (Å²) in [6.07, 6.45) is 1.54. The number of hydrogen-bond donors (Lipinski definition) is 0. The maximum absolute atomic E-state index is 11.7. The summed E-state index contributed by atoms with van der Waals surface area (Å²) in [6, 6.07) is 0. The Bertz CT molecular complexity index is 345. The van der Waals surface area contributed by atoms with Crippen LogP contribution in [-0.4, -0.2) is 22.7 Å². The highest BCUT2D eigenvalue weighted by atomic mass is 16.5. The van der Waals surface area contributed by atoms with Crippen LogP contribution in [0.4, 0.5) is 0 Å². The second kappa shape index (κ2) is 4.09. The van der Waals surface area contributed by atoms with Gasteiger partial charge in [0.25, 0.3) is 0 Å². The fraction of sp³-hybridized carbons (Fsp3) is 0.400. The third-order valence-corrected chi connectivity index (χ3v) is 1.93. The minimum atomic E-state index is -0.124. The van der Waals surface area contributed by atoms with Gasteiger partial charge in [0.05, 0.1) is 13.3 Å². The summed E-state index contributed by atoms with van der Waals surface area (Å²) >= 11 is 0. The molecule has 0 aliphatic rings. The van der Waals surface area contributed by atoms with Crippen molar-refractivity contribution in [2.45, 2.75) is 20.4 Å². The van der Waals surface area contributed by atoms with E-state index in [1.165, 1.54) is 7.11 Å². The van der Waals surface area contributed by atoms with Crippen LogP contribution in [0.15, 0.2) is 18.3 Å². The van der Waals surface area contributed by atoms with Gasteiger partial charge in [-0.15, -0.1) is 0 Å². The lowest BCUT2D eigenvalue weighted by atomic mass is 10.1. The van der Waals surface area contributed by atoms with E-state index in [2.05, 4.69) is 11.7 Å². The van der Waals surface area contributed by atoms with Crippen molar-refractivity contribution in [3.05, 3.63) is 24.0 Å². The summed E-state index contributed by atoms with van der Waals surface area (Å²) in [7, 11) is 1.52. The minimum absolute atomic E-state index is 0.124. The number of ketones is 1. The fourth-order valence-corrected chi connectivity index (χ4v) is 1.19. The van der Waals surface area contributed by atoms with Crippen LogP contribution in [0.5, 0.6) is 5.75 Å². The summed E-state index contributed by atoms with van der Waals surface area (Å²) in [6.45, 7) is 7.85. The molecule has 4 nitrogen and oxygen atoms in total. The smallest absolute Gasteiger partial charge is 0.209 e. The number of methoxy groups -OCH3 is 1. The zero-order valence-electron chi connectivity index (χ0n) is 8.70. The first-order chi connectivity index (χ1) is 6.61. The van der Waals surface area contributed by atoms with E-state index in [1.807, 2.05) is 6.92 Å². The maximum Gasteiger partial charge on any atom is 0.209 e. The number of hydrogen-bond acceptors (Lipinski definition) is 3. The van der Waals surface area contributed by atoms with Gasteiger partial charge in [-0.25, -0.2) is 0 Å². The number of carbonyl (C=O) groups is 1. The summed E-state index contributed by atoms with van der Waals surface area (Å²) < 4.78 is 6.66. The van der Waals surface area contributed by atoms with E-state index in [0.29, 0.717) is 23.6 Å². The van der Waals surface area contributed by atoms with Gasteiger partial charge in [0.2, 0.25) is 5.78 Å². The van der Waals surface area contributed by atoms with Crippen molar-refractivity contribution in [3.63, 3.8) is 0 Å². The van der Waals surface area contributed by atoms with Crippen molar-refractivity contribution in [1.82, 2.24) is 9.78 Å². The summed E-state index contributed by atoms with van der Waals surface area (Å²) in [5, 5.41) is 4.04. The molecule has 0 unspecified atom stereocenters. The van der Waals surface area contributed by atoms with Crippen LogP contribution in [0, 0.1) is 0 Å². The Kier molecular flexibility index (Phi) is 3.06. The molecule has 76 valence electrons. The lowest BCUT2D eigenvalue weighted by Crippen LogP contribution is -2.11. The molecule has 14 heavy (non-hydrogen) atoms. The highest BCUT2D eigenvalue weighted by Crippen LogP contribution is 2.20. The Morgan fingerprint density at radius 2 is 2.36 bits per heavy atom. The Labute approximate surface area is 83.2 Å². The normalized spacial score (nSPS) is 9.93. The van der Waals surface area contributed by atoms with E-state index < -0.39 is 0 Å². The lowest BCUT2D eigenvalue weighted by Gasteiger charge is -2.05. The van der Waals surface area contributed by atoms with E-state index in [0.717, 1.165) is 0 Å². The summed E-state index contributed by atoms with van der Waals surface area (Å²) in [4.78, 5) is 11.7. The molecule has 0 aliphatic carbocycles. The predicted molar refractivity (Wildman–Crippen MR) is 53.6 cm³/mol. The molecule has 0 amide bonds. The number of aromatic nitrogens is 2. The number of ether oxygens (including phenoxy) is 1. The van der Waals surface area contributed by atoms with Crippen molar-refractivity contribution in [2.24, 2.45) is 0 Å². The number of allylic oxidation sites excluding steroid dienone is 1. The third kappa shape index (κ3) is 1.69. The molecule has 0 saturated heterocycles. The number of nitrogens with zero attached hydrogens (tertiary/aromatic N) is 2. The molecule has 0 radical (unpaired) electrons. The van der Waals surface area contributed by atoms with Crippen molar-refractivity contribution < 1.29 is 9.53 Å². The standard InChI is InChI=1S/C10H14N2O2/c1-5-12-9(10(13)7(2)3)8(14-4)6-11-12/h6H,2,5H2,1,3-4H3. The van der Waals surface area contributed by atoms with Crippen LogP contribution in [0.1, 0.15) is 24.3 Å². The topological polar surface area (TPSA) is 44.1 Å². The third-order valence-electron chi connectivity index (χ3n) is 1.93. The van der Waals surface area contributed by atoms with Crippen LogP contribution >= 0.6 is 0 Å². The quantitative estimate of drug-likeness (QED) is 0.541. The molecule has 1 aromatic rings. The van der Waals surface area contributed by atoms with Gasteiger partial charge in [-0.2, -0.15) is 5.10 Å². The highest BCUT2D eigenvalue weighted by molar-refractivity contribution is 6.08. The Hall–Kier alpha value is -1.58. The molecule has 1 aromatic heterocycles. The van der Waals surface area contributed by atoms with Gasteiger partial charge >= 0.3 is 0 Å². The van der Waals surface area contributed by atoms with Gasteiger partial charge in [-0.05, 0) is 19.4 Å². The van der Waals surface area contributed by atoms with E-state index in [-0.39, 0.29) is 5.78 Å². The zero-order valence-corrected chi connectivity index (χ0v) is 8.70. The summed E-state index contributed by atoms with van der Waals surface area (Å²) in [5.41, 5.74) is 0.959. The second-order valence-corrected chi connectivity index (χ2v) is 2.99. The van der Waals surface area contributed by atoms with E-state index in [1.54, 1.807) is 17.8 Å². The molecule has 0 N–H and O–H groups in total. The molecule has 0 bridgehead atoms. The Morgan fingerprint density at radius 1 is 1.71 bits per heavy atom. The van der Waals surface area contributed by atoms with E-state index in [4.69, 9.17) is 4.74 Å². The number of aryl methyl sites for hydroxylation is 1. The average Bonchev–Trinajstić information content (AvgIpc) is 2.58. The molecule has 1 rings (SSSR count). The van der Waals surface area contributed by atoms with Gasteiger partial charge in [-0.3, -0.25) is 9.48 Å². The molecule has 0 spiro atoms.